The molecule has 128 valence electrons. The first-order valence-electron chi connectivity index (χ1n) is 8.12. The summed E-state index contributed by atoms with van der Waals surface area (Å²) in [4.78, 5) is 16.5. The van der Waals surface area contributed by atoms with E-state index >= 15 is 0 Å². The second-order valence-electron chi connectivity index (χ2n) is 5.81. The number of hydrogen-bond donors (Lipinski definition) is 1. The van der Waals surface area contributed by atoms with Crippen molar-refractivity contribution < 1.29 is 14.3 Å². The van der Waals surface area contributed by atoms with Crippen LogP contribution in [-0.2, 0) is 4.79 Å². The van der Waals surface area contributed by atoms with E-state index in [4.69, 9.17) is 9.47 Å². The Morgan fingerprint density at radius 2 is 1.78 bits per heavy atom. The maximum atomic E-state index is 11.8. The van der Waals surface area contributed by atoms with Crippen molar-refractivity contribution in [3.63, 3.8) is 0 Å². The van der Waals surface area contributed by atoms with Crippen molar-refractivity contribution in [2.45, 2.75) is 6.42 Å². The third-order valence-corrected chi connectivity index (χ3v) is 4.00. The monoisotopic (exact) mass is 321 g/mol. The number of methoxy groups -OCH3 is 1. The molecular weight excluding hydrogens is 294 g/mol. The number of hydrogen-bond acceptors (Lipinski definition) is 5. The van der Waals surface area contributed by atoms with Crippen molar-refractivity contribution in [2.24, 2.45) is 0 Å². The van der Waals surface area contributed by atoms with Gasteiger partial charge in [0.05, 0.1) is 7.11 Å². The molecule has 23 heavy (non-hydrogen) atoms. The highest BCUT2D eigenvalue weighted by molar-refractivity contribution is 5.77. The molecule has 1 saturated heterocycles. The van der Waals surface area contributed by atoms with Crippen molar-refractivity contribution in [1.29, 1.82) is 0 Å². The van der Waals surface area contributed by atoms with E-state index < -0.39 is 0 Å². The fraction of sp³-hybridized carbons (Fsp3) is 0.588. The molecule has 2 rings (SSSR count). The van der Waals surface area contributed by atoms with Gasteiger partial charge in [-0.2, -0.15) is 0 Å². The van der Waals surface area contributed by atoms with Crippen LogP contribution in [-0.4, -0.2) is 75.7 Å². The van der Waals surface area contributed by atoms with Crippen LogP contribution in [0.15, 0.2) is 24.3 Å². The number of rotatable bonds is 8. The van der Waals surface area contributed by atoms with E-state index in [1.54, 1.807) is 19.2 Å². The average molecular weight is 321 g/mol. The highest BCUT2D eigenvalue weighted by atomic mass is 16.5. The second kappa shape index (κ2) is 9.37. The number of piperazine rings is 1. The van der Waals surface area contributed by atoms with Gasteiger partial charge in [0.15, 0.2) is 6.61 Å². The van der Waals surface area contributed by atoms with Crippen LogP contribution in [0.5, 0.6) is 11.5 Å². The Morgan fingerprint density at radius 1 is 1.13 bits per heavy atom. The first kappa shape index (κ1) is 17.6. The van der Waals surface area contributed by atoms with Crippen LogP contribution in [0.2, 0.25) is 0 Å². The highest BCUT2D eigenvalue weighted by Gasteiger charge is 2.12. The maximum absolute atomic E-state index is 11.8. The van der Waals surface area contributed by atoms with Gasteiger partial charge < -0.3 is 24.6 Å². The average Bonchev–Trinajstić information content (AvgIpc) is 2.59. The number of amides is 1. The molecule has 0 saturated carbocycles. The molecule has 0 spiro atoms. The van der Waals surface area contributed by atoms with Gasteiger partial charge in [-0.05, 0) is 44.3 Å². The molecule has 1 heterocycles. The lowest BCUT2D eigenvalue weighted by Gasteiger charge is -2.32. The van der Waals surface area contributed by atoms with Crippen LogP contribution < -0.4 is 14.8 Å². The topological polar surface area (TPSA) is 54.0 Å². The van der Waals surface area contributed by atoms with Crippen LogP contribution in [0, 0.1) is 0 Å². The van der Waals surface area contributed by atoms with Gasteiger partial charge in [-0.1, -0.05) is 0 Å². The largest absolute Gasteiger partial charge is 0.497 e. The van der Waals surface area contributed by atoms with Crippen LogP contribution in [0.25, 0.3) is 0 Å². The summed E-state index contributed by atoms with van der Waals surface area (Å²) in [7, 11) is 3.77. The van der Waals surface area contributed by atoms with Gasteiger partial charge in [-0.15, -0.1) is 0 Å². The first-order valence-corrected chi connectivity index (χ1v) is 8.12. The third kappa shape index (κ3) is 6.46. The molecule has 0 unspecified atom stereocenters. The Labute approximate surface area is 138 Å². The van der Waals surface area contributed by atoms with Gasteiger partial charge >= 0.3 is 0 Å². The van der Waals surface area contributed by atoms with Gasteiger partial charge in [0.1, 0.15) is 11.5 Å². The molecule has 1 aliphatic rings. The zero-order valence-electron chi connectivity index (χ0n) is 14.1. The van der Waals surface area contributed by atoms with Crippen LogP contribution in [0.1, 0.15) is 6.42 Å². The highest BCUT2D eigenvalue weighted by Crippen LogP contribution is 2.16. The normalized spacial score (nSPS) is 16.1. The molecular formula is C17H27N3O3. The van der Waals surface area contributed by atoms with Crippen LogP contribution in [0.4, 0.5) is 0 Å². The molecule has 6 heteroatoms. The van der Waals surface area contributed by atoms with E-state index in [0.717, 1.165) is 44.9 Å². The summed E-state index contributed by atoms with van der Waals surface area (Å²) in [6.07, 6.45) is 0.970. The molecule has 6 nitrogen and oxygen atoms in total. The van der Waals surface area contributed by atoms with Gasteiger partial charge in [-0.3, -0.25) is 4.79 Å². The summed E-state index contributed by atoms with van der Waals surface area (Å²) in [5, 5.41) is 2.90. The molecule has 1 N–H and O–H groups in total. The Kier molecular flexibility index (Phi) is 7.16. The van der Waals surface area contributed by atoms with E-state index in [9.17, 15) is 4.79 Å². The number of ether oxygens (including phenoxy) is 2. The predicted molar refractivity (Wildman–Crippen MR) is 90.1 cm³/mol. The Morgan fingerprint density at radius 3 is 2.43 bits per heavy atom. The predicted octanol–water partition coefficient (Wildman–Crippen LogP) is 0.828. The fourth-order valence-corrected chi connectivity index (χ4v) is 2.47. The molecule has 0 aromatic heterocycles. The van der Waals surface area contributed by atoms with E-state index in [1.165, 1.54) is 0 Å². The summed E-state index contributed by atoms with van der Waals surface area (Å²) in [5.41, 5.74) is 0. The number of carbonyl (C=O) groups excluding carboxylic acids is 1. The summed E-state index contributed by atoms with van der Waals surface area (Å²) in [6, 6.07) is 7.20. The van der Waals surface area contributed by atoms with Crippen LogP contribution >= 0.6 is 0 Å². The van der Waals surface area contributed by atoms with E-state index in [2.05, 4.69) is 22.2 Å². The molecule has 0 atom stereocenters. The molecule has 1 aromatic carbocycles. The molecule has 1 aliphatic heterocycles. The first-order chi connectivity index (χ1) is 11.2. The summed E-state index contributed by atoms with van der Waals surface area (Å²) < 4.78 is 10.5. The second-order valence-corrected chi connectivity index (χ2v) is 5.81. The van der Waals surface area contributed by atoms with E-state index in [-0.39, 0.29) is 12.5 Å². The number of nitrogens with one attached hydrogen (secondary N) is 1. The molecule has 1 aromatic rings. The zero-order valence-corrected chi connectivity index (χ0v) is 14.1. The van der Waals surface area contributed by atoms with Gasteiger partial charge in [0.2, 0.25) is 0 Å². The Hall–Kier alpha value is -1.79. The minimum absolute atomic E-state index is 0.0425. The Balaban J connectivity index is 1.54. The number of nitrogens with zero attached hydrogens (tertiary/aromatic N) is 2. The quantitative estimate of drug-likeness (QED) is 0.719. The molecule has 0 radical (unpaired) electrons. The van der Waals surface area contributed by atoms with Crippen molar-refractivity contribution in [1.82, 2.24) is 15.1 Å². The summed E-state index contributed by atoms with van der Waals surface area (Å²) in [5.74, 6) is 1.35. The summed E-state index contributed by atoms with van der Waals surface area (Å²) >= 11 is 0. The minimum Gasteiger partial charge on any atom is -0.497 e. The summed E-state index contributed by atoms with van der Waals surface area (Å²) in [6.45, 7) is 6.26. The van der Waals surface area contributed by atoms with Crippen molar-refractivity contribution >= 4 is 5.91 Å². The van der Waals surface area contributed by atoms with Crippen molar-refractivity contribution in [3.8, 4) is 11.5 Å². The van der Waals surface area contributed by atoms with E-state index in [1.807, 2.05) is 12.1 Å². The van der Waals surface area contributed by atoms with E-state index in [0.29, 0.717) is 12.3 Å². The Bertz CT molecular complexity index is 470. The van der Waals surface area contributed by atoms with Gasteiger partial charge in [0.25, 0.3) is 5.91 Å². The molecule has 0 bridgehead atoms. The van der Waals surface area contributed by atoms with Crippen LogP contribution in [0.3, 0.4) is 0 Å². The lowest BCUT2D eigenvalue weighted by Crippen LogP contribution is -2.45. The number of benzene rings is 1. The van der Waals surface area contributed by atoms with Crippen molar-refractivity contribution in [3.05, 3.63) is 24.3 Å². The fourth-order valence-electron chi connectivity index (χ4n) is 2.47. The molecule has 1 amide bonds. The third-order valence-electron chi connectivity index (χ3n) is 4.00. The minimum atomic E-state index is -0.0841. The smallest absolute Gasteiger partial charge is 0.257 e. The maximum Gasteiger partial charge on any atom is 0.257 e. The number of likely N-dealkylation sites (N-methyl/N-ethyl adjacent to an activating group) is 1. The van der Waals surface area contributed by atoms with Gasteiger partial charge in [-0.25, -0.2) is 0 Å². The zero-order chi connectivity index (χ0) is 16.5. The van der Waals surface area contributed by atoms with Crippen molar-refractivity contribution in [2.75, 3.05) is 60.0 Å². The molecule has 1 fully saturated rings. The molecule has 0 aliphatic carbocycles. The van der Waals surface area contributed by atoms with Gasteiger partial charge in [0, 0.05) is 32.7 Å². The standard InChI is InChI=1S/C17H27N3O3/c1-19-10-12-20(13-11-19)9-3-8-18-17(21)14-23-16-6-4-15(22-2)5-7-16/h4-7H,3,8-14H2,1-2H3,(H,18,21). The number of carbonyl (C=O) groups is 1. The lowest BCUT2D eigenvalue weighted by molar-refractivity contribution is -0.123. The lowest BCUT2D eigenvalue weighted by atomic mass is 10.3. The SMILES string of the molecule is COc1ccc(OCC(=O)NCCCN2CCN(C)CC2)cc1.